The predicted molar refractivity (Wildman–Crippen MR) is 264 cm³/mol. The number of aliphatic hydroxyl groups is 2. The number of benzene rings is 5. The highest BCUT2D eigenvalue weighted by molar-refractivity contribution is 6.03. The molecule has 5 aromatic carbocycles. The normalized spacial score (nSPS) is 22.2. The summed E-state index contributed by atoms with van der Waals surface area (Å²) in [6.45, 7) is 6.98. The molecule has 0 bridgehead atoms. The number of non-ortho nitro benzene ring substituents is 1. The van der Waals surface area contributed by atoms with Crippen molar-refractivity contribution in [1.29, 1.82) is 0 Å². The number of allylic oxidation sites excluding steroid dienone is 1. The standard InChI is InChI=1S/C56H61N3O9/c1-3-30-58(53(62)29-22-39-20-24-44(25-21-39)59(63)64)52-37-50(57-66-38-40-14-6-5-7-15-40)48-35-43(18-10-12-31-60)47(19-11-13-32-61)54-49-36-46(67-45-26-23-41-16-8-9-17-42(41)34-45)27-28-51(49)68-56(52,55(48)54)65-33-4-2/h4-9,14-17,20-29,34-36,43,47,52,54-55,60-61H,2-3,10-13,18-19,30-33,37-38H2,1H3. The molecule has 0 saturated heterocycles. The van der Waals surface area contributed by atoms with Gasteiger partial charge in [-0.25, -0.2) is 0 Å². The molecule has 1 saturated carbocycles. The molecule has 12 nitrogen and oxygen atoms in total. The van der Waals surface area contributed by atoms with Crippen LogP contribution in [0.2, 0.25) is 0 Å². The Hall–Kier alpha value is -6.60. The molecule has 68 heavy (non-hydrogen) atoms. The number of hydrogen-bond donors (Lipinski definition) is 2. The van der Waals surface area contributed by atoms with Crippen LogP contribution in [0.15, 0.2) is 151 Å². The topological polar surface area (TPSA) is 153 Å². The van der Waals surface area contributed by atoms with Gasteiger partial charge in [0.2, 0.25) is 11.7 Å². The number of unbranched alkanes of at least 4 members (excludes halogenated alkanes) is 2. The van der Waals surface area contributed by atoms with Crippen LogP contribution in [0.25, 0.3) is 16.8 Å². The van der Waals surface area contributed by atoms with E-state index in [-0.39, 0.29) is 62.2 Å². The first-order chi connectivity index (χ1) is 33.3. The number of amides is 1. The van der Waals surface area contributed by atoms with Crippen LogP contribution in [0.4, 0.5) is 5.69 Å². The van der Waals surface area contributed by atoms with E-state index in [1.54, 1.807) is 24.3 Å². The van der Waals surface area contributed by atoms with E-state index in [2.05, 4.69) is 36.9 Å². The van der Waals surface area contributed by atoms with Crippen molar-refractivity contribution in [2.24, 2.45) is 22.9 Å². The fourth-order valence-electron chi connectivity index (χ4n) is 10.5. The first kappa shape index (κ1) is 47.9. The third kappa shape index (κ3) is 10.6. The number of nitro benzene ring substituents is 1. The number of nitrogens with zero attached hydrogens (tertiary/aromatic N) is 3. The first-order valence-electron chi connectivity index (χ1n) is 23.9. The average Bonchev–Trinajstić information content (AvgIpc) is 3.36. The zero-order chi connectivity index (χ0) is 47.5. The lowest BCUT2D eigenvalue weighted by molar-refractivity contribution is -0.384. The molecule has 8 rings (SSSR count). The number of carbonyl (C=O) groups excluding carboxylic acids is 1. The van der Waals surface area contributed by atoms with Crippen molar-refractivity contribution in [2.45, 2.75) is 82.6 Å². The van der Waals surface area contributed by atoms with Crippen LogP contribution in [0.5, 0.6) is 17.2 Å². The largest absolute Gasteiger partial charge is 0.459 e. The lowest BCUT2D eigenvalue weighted by Crippen LogP contribution is -2.70. The van der Waals surface area contributed by atoms with E-state index in [1.165, 1.54) is 18.2 Å². The van der Waals surface area contributed by atoms with E-state index in [1.807, 2.05) is 78.6 Å². The zero-order valence-corrected chi connectivity index (χ0v) is 38.7. The summed E-state index contributed by atoms with van der Waals surface area (Å²) in [5, 5.41) is 38.6. The summed E-state index contributed by atoms with van der Waals surface area (Å²) in [5.41, 5.74) is 4.15. The van der Waals surface area contributed by atoms with Crippen molar-refractivity contribution >= 4 is 34.2 Å². The summed E-state index contributed by atoms with van der Waals surface area (Å²) in [4.78, 5) is 33.9. The maximum atomic E-state index is 14.9. The molecule has 1 amide bonds. The van der Waals surface area contributed by atoms with Crippen molar-refractivity contribution in [3.63, 3.8) is 0 Å². The van der Waals surface area contributed by atoms with Gasteiger partial charge in [-0.3, -0.25) is 14.9 Å². The molecule has 2 aliphatic carbocycles. The van der Waals surface area contributed by atoms with Crippen molar-refractivity contribution in [1.82, 2.24) is 4.90 Å². The molecule has 5 aromatic rings. The van der Waals surface area contributed by atoms with Crippen molar-refractivity contribution in [2.75, 3.05) is 26.4 Å². The van der Waals surface area contributed by atoms with Crippen LogP contribution in [0.1, 0.15) is 80.9 Å². The molecule has 3 aliphatic rings. The molecule has 354 valence electrons. The fraction of sp³-hybridized carbons (Fsp3) is 0.357. The molecular weight excluding hydrogens is 859 g/mol. The number of carbonyl (C=O) groups is 1. The predicted octanol–water partition coefficient (Wildman–Crippen LogP) is 11.3. The molecule has 0 aromatic heterocycles. The molecule has 1 fully saturated rings. The van der Waals surface area contributed by atoms with E-state index in [4.69, 9.17) is 24.2 Å². The van der Waals surface area contributed by atoms with Crippen LogP contribution >= 0.6 is 0 Å². The van der Waals surface area contributed by atoms with Gasteiger partial charge in [-0.2, -0.15) is 0 Å². The summed E-state index contributed by atoms with van der Waals surface area (Å²) < 4.78 is 21.2. The SMILES string of the molecule is C=CCOC12Oc3ccc(Oc4ccc5ccccc5c4)cc3C3C(CCCCO)C(CCCCO)C=C(C(=NOCc4ccccc4)CC1N(CCC)C(=O)C=Cc1ccc([N+](=O)[O-])cc1)C32. The second kappa shape index (κ2) is 22.5. The molecule has 1 heterocycles. The Morgan fingerprint density at radius 3 is 2.37 bits per heavy atom. The van der Waals surface area contributed by atoms with E-state index < -0.39 is 22.7 Å². The highest BCUT2D eigenvalue weighted by Crippen LogP contribution is 2.62. The minimum absolute atomic E-state index is 0.0295. The van der Waals surface area contributed by atoms with Gasteiger partial charge in [0.15, 0.2) is 0 Å². The Morgan fingerprint density at radius 1 is 0.912 bits per heavy atom. The number of nitro groups is 1. The molecular formula is C56H61N3O9. The van der Waals surface area contributed by atoms with Gasteiger partial charge in [-0.15, -0.1) is 6.58 Å². The maximum absolute atomic E-state index is 14.9. The van der Waals surface area contributed by atoms with Gasteiger partial charge in [-0.1, -0.05) is 97.7 Å². The Bertz CT molecular complexity index is 2630. The summed E-state index contributed by atoms with van der Waals surface area (Å²) in [7, 11) is 0. The van der Waals surface area contributed by atoms with E-state index >= 15 is 0 Å². The van der Waals surface area contributed by atoms with Crippen LogP contribution in [0.3, 0.4) is 0 Å². The number of hydrogen-bond acceptors (Lipinski definition) is 10. The summed E-state index contributed by atoms with van der Waals surface area (Å²) in [6, 6.07) is 35.4. The average molecular weight is 920 g/mol. The van der Waals surface area contributed by atoms with Gasteiger partial charge >= 0.3 is 0 Å². The number of rotatable bonds is 22. The van der Waals surface area contributed by atoms with Gasteiger partial charge < -0.3 is 34.2 Å². The third-order valence-corrected chi connectivity index (χ3v) is 13.5. The Morgan fingerprint density at radius 2 is 1.63 bits per heavy atom. The van der Waals surface area contributed by atoms with Crippen LogP contribution in [-0.2, 0) is 21.0 Å². The fourth-order valence-corrected chi connectivity index (χ4v) is 10.5. The number of ether oxygens (including phenoxy) is 3. The molecule has 2 N–H and O–H groups in total. The lowest BCUT2D eigenvalue weighted by Gasteiger charge is -2.60. The molecule has 0 radical (unpaired) electrons. The second-order valence-electron chi connectivity index (χ2n) is 17.9. The van der Waals surface area contributed by atoms with Crippen molar-refractivity contribution in [3.8, 4) is 17.2 Å². The minimum Gasteiger partial charge on any atom is -0.459 e. The number of oxime groups is 1. The maximum Gasteiger partial charge on any atom is 0.269 e. The quantitative estimate of drug-likeness (QED) is 0.0227. The van der Waals surface area contributed by atoms with E-state index in [0.29, 0.717) is 54.3 Å². The van der Waals surface area contributed by atoms with Crippen LogP contribution in [0, 0.1) is 27.9 Å². The molecule has 6 unspecified atom stereocenters. The molecule has 12 heteroatoms. The molecule has 6 atom stereocenters. The monoisotopic (exact) mass is 919 g/mol. The van der Waals surface area contributed by atoms with Gasteiger partial charge in [0, 0.05) is 55.9 Å². The summed E-state index contributed by atoms with van der Waals surface area (Å²) in [6.07, 6.45) is 12.6. The Kier molecular flexibility index (Phi) is 15.8. The minimum atomic E-state index is -1.44. The number of aliphatic hydroxyl groups excluding tert-OH is 2. The van der Waals surface area contributed by atoms with Crippen LogP contribution < -0.4 is 9.47 Å². The zero-order valence-electron chi connectivity index (χ0n) is 38.7. The Balaban J connectivity index is 1.30. The smallest absolute Gasteiger partial charge is 0.269 e. The summed E-state index contributed by atoms with van der Waals surface area (Å²) in [5.74, 6) is -0.394. The first-order valence-corrected chi connectivity index (χ1v) is 23.9. The van der Waals surface area contributed by atoms with Gasteiger partial charge in [0.1, 0.15) is 29.9 Å². The molecule has 0 spiro atoms. The van der Waals surface area contributed by atoms with Gasteiger partial charge in [-0.05, 0) is 120 Å². The van der Waals surface area contributed by atoms with Gasteiger partial charge in [0.25, 0.3) is 5.69 Å². The van der Waals surface area contributed by atoms with E-state index in [0.717, 1.165) is 53.2 Å². The van der Waals surface area contributed by atoms with Gasteiger partial charge in [0.05, 0.1) is 23.2 Å². The highest BCUT2D eigenvalue weighted by Gasteiger charge is 2.65. The highest BCUT2D eigenvalue weighted by atomic mass is 16.7. The third-order valence-electron chi connectivity index (χ3n) is 13.5. The second-order valence-corrected chi connectivity index (χ2v) is 17.9. The molecule has 1 aliphatic heterocycles. The van der Waals surface area contributed by atoms with E-state index in [9.17, 15) is 25.1 Å². The van der Waals surface area contributed by atoms with Crippen LogP contribution in [-0.4, -0.2) is 69.8 Å². The summed E-state index contributed by atoms with van der Waals surface area (Å²) >= 11 is 0. The van der Waals surface area contributed by atoms with Crippen molar-refractivity contribution < 1.29 is 39.0 Å². The number of fused-ring (bicyclic) bond motifs is 3. The lowest BCUT2D eigenvalue weighted by atomic mass is 9.55. The Labute approximate surface area is 398 Å². The van der Waals surface area contributed by atoms with Crippen molar-refractivity contribution in [3.05, 3.63) is 172 Å².